The Morgan fingerprint density at radius 3 is 2.82 bits per heavy atom. The zero-order valence-electron chi connectivity index (χ0n) is 11.5. The molecule has 96 valence electrons. The predicted octanol–water partition coefficient (Wildman–Crippen LogP) is 3.20. The van der Waals surface area contributed by atoms with Crippen LogP contribution in [0.3, 0.4) is 0 Å². The highest BCUT2D eigenvalue weighted by molar-refractivity contribution is 5.06. The summed E-state index contributed by atoms with van der Waals surface area (Å²) >= 11 is 0. The first-order valence-corrected chi connectivity index (χ1v) is 6.62. The number of piperidine rings is 1. The Balaban J connectivity index is 1.97. The van der Waals surface area contributed by atoms with Gasteiger partial charge in [-0.05, 0) is 25.3 Å². The third-order valence-corrected chi connectivity index (χ3v) is 3.39. The van der Waals surface area contributed by atoms with Gasteiger partial charge in [0.1, 0.15) is 5.76 Å². The van der Waals surface area contributed by atoms with Gasteiger partial charge in [-0.15, -0.1) is 0 Å². The highest BCUT2D eigenvalue weighted by Gasteiger charge is 2.21. The molecule has 1 aliphatic heterocycles. The van der Waals surface area contributed by atoms with Crippen molar-refractivity contribution in [2.75, 3.05) is 13.1 Å². The van der Waals surface area contributed by atoms with Crippen LogP contribution in [0.25, 0.3) is 0 Å². The highest BCUT2D eigenvalue weighted by atomic mass is 16.4. The van der Waals surface area contributed by atoms with Crippen LogP contribution in [-0.4, -0.2) is 23.0 Å². The van der Waals surface area contributed by atoms with Gasteiger partial charge in [-0.2, -0.15) is 0 Å². The van der Waals surface area contributed by atoms with E-state index in [1.165, 1.54) is 25.9 Å². The number of nitrogens with zero attached hydrogens (tertiary/aromatic N) is 2. The van der Waals surface area contributed by atoms with Gasteiger partial charge in [0.15, 0.2) is 0 Å². The quantitative estimate of drug-likeness (QED) is 0.789. The zero-order chi connectivity index (χ0) is 12.5. The fourth-order valence-corrected chi connectivity index (χ4v) is 2.35. The third kappa shape index (κ3) is 3.32. The summed E-state index contributed by atoms with van der Waals surface area (Å²) in [5, 5.41) is 0. The number of oxazole rings is 1. The van der Waals surface area contributed by atoms with Gasteiger partial charge >= 0.3 is 0 Å². The van der Waals surface area contributed by atoms with E-state index in [1.807, 2.05) is 6.20 Å². The third-order valence-electron chi connectivity index (χ3n) is 3.39. The molecule has 1 aromatic rings. The monoisotopic (exact) mass is 236 g/mol. The van der Waals surface area contributed by atoms with Crippen LogP contribution >= 0.6 is 0 Å². The van der Waals surface area contributed by atoms with Crippen molar-refractivity contribution in [3.8, 4) is 0 Å². The predicted molar refractivity (Wildman–Crippen MR) is 68.9 cm³/mol. The lowest BCUT2D eigenvalue weighted by molar-refractivity contribution is 0.160. The van der Waals surface area contributed by atoms with Crippen molar-refractivity contribution in [3.63, 3.8) is 0 Å². The second-order valence-electron chi connectivity index (χ2n) is 6.35. The first-order valence-electron chi connectivity index (χ1n) is 6.62. The first kappa shape index (κ1) is 12.6. The molecule has 1 unspecified atom stereocenters. The van der Waals surface area contributed by atoms with Crippen molar-refractivity contribution >= 4 is 0 Å². The number of hydrogen-bond donors (Lipinski definition) is 0. The topological polar surface area (TPSA) is 29.3 Å². The maximum Gasteiger partial charge on any atom is 0.208 e. The molecule has 3 nitrogen and oxygen atoms in total. The Hall–Kier alpha value is -0.830. The molecule has 0 aromatic carbocycles. The molecule has 1 aliphatic rings. The second-order valence-corrected chi connectivity index (χ2v) is 6.35. The minimum absolute atomic E-state index is 0.0560. The Morgan fingerprint density at radius 2 is 2.24 bits per heavy atom. The summed E-state index contributed by atoms with van der Waals surface area (Å²) in [5.74, 6) is 2.65. The fourth-order valence-electron chi connectivity index (χ4n) is 2.35. The van der Waals surface area contributed by atoms with Crippen LogP contribution in [0, 0.1) is 5.92 Å². The summed E-state index contributed by atoms with van der Waals surface area (Å²) in [7, 11) is 0. The van der Waals surface area contributed by atoms with E-state index in [4.69, 9.17) is 4.42 Å². The molecule has 2 heterocycles. The molecule has 1 aromatic heterocycles. The van der Waals surface area contributed by atoms with E-state index < -0.39 is 0 Å². The molecule has 1 saturated heterocycles. The molecule has 1 fully saturated rings. The summed E-state index contributed by atoms with van der Waals surface area (Å²) in [6, 6.07) is 0. The Bertz CT molecular complexity index is 365. The van der Waals surface area contributed by atoms with Crippen molar-refractivity contribution in [1.29, 1.82) is 0 Å². The van der Waals surface area contributed by atoms with Gasteiger partial charge < -0.3 is 4.42 Å². The van der Waals surface area contributed by atoms with Crippen molar-refractivity contribution < 1.29 is 4.42 Å². The average molecular weight is 236 g/mol. The number of likely N-dealkylation sites (tertiary alicyclic amines) is 1. The van der Waals surface area contributed by atoms with Gasteiger partial charge in [0.2, 0.25) is 5.89 Å². The van der Waals surface area contributed by atoms with Crippen molar-refractivity contribution in [2.45, 2.75) is 52.5 Å². The molecule has 2 rings (SSSR count). The van der Waals surface area contributed by atoms with Crippen molar-refractivity contribution in [2.24, 2.45) is 5.92 Å². The van der Waals surface area contributed by atoms with Crippen LogP contribution < -0.4 is 0 Å². The standard InChI is InChI=1S/C14H24N2O/c1-11-6-5-7-16(9-11)10-13-15-8-12(17-13)14(2,3)4/h8,11H,5-7,9-10H2,1-4H3. The Labute approximate surface area is 104 Å². The Morgan fingerprint density at radius 1 is 1.47 bits per heavy atom. The molecular weight excluding hydrogens is 212 g/mol. The fraction of sp³-hybridized carbons (Fsp3) is 0.786. The lowest BCUT2D eigenvalue weighted by Gasteiger charge is -2.29. The van der Waals surface area contributed by atoms with Gasteiger partial charge in [0.25, 0.3) is 0 Å². The summed E-state index contributed by atoms with van der Waals surface area (Å²) in [6.07, 6.45) is 4.53. The summed E-state index contributed by atoms with van der Waals surface area (Å²) < 4.78 is 5.83. The Kier molecular flexibility index (Phi) is 3.57. The van der Waals surface area contributed by atoms with E-state index in [0.29, 0.717) is 0 Å². The summed E-state index contributed by atoms with van der Waals surface area (Å²) in [6.45, 7) is 12.0. The van der Waals surface area contributed by atoms with E-state index >= 15 is 0 Å². The molecule has 0 amide bonds. The molecule has 3 heteroatoms. The number of hydrogen-bond acceptors (Lipinski definition) is 3. The SMILES string of the molecule is CC1CCCN(Cc2ncc(C(C)(C)C)o2)C1. The van der Waals surface area contributed by atoms with E-state index in [-0.39, 0.29) is 5.41 Å². The molecule has 0 N–H and O–H groups in total. The molecule has 17 heavy (non-hydrogen) atoms. The molecule has 0 saturated carbocycles. The van der Waals surface area contributed by atoms with Gasteiger partial charge in [-0.25, -0.2) is 4.98 Å². The summed E-state index contributed by atoms with van der Waals surface area (Å²) in [5.41, 5.74) is 0.0560. The van der Waals surface area contributed by atoms with E-state index in [0.717, 1.165) is 24.1 Å². The molecule has 0 spiro atoms. The smallest absolute Gasteiger partial charge is 0.208 e. The number of aromatic nitrogens is 1. The molecular formula is C14H24N2O. The van der Waals surface area contributed by atoms with E-state index in [2.05, 4.69) is 37.6 Å². The minimum atomic E-state index is 0.0560. The average Bonchev–Trinajstić information content (AvgIpc) is 2.65. The molecule has 0 bridgehead atoms. The normalized spacial score (nSPS) is 22.9. The van der Waals surface area contributed by atoms with Gasteiger partial charge in [-0.3, -0.25) is 4.90 Å². The van der Waals surface area contributed by atoms with Crippen LogP contribution in [0.5, 0.6) is 0 Å². The summed E-state index contributed by atoms with van der Waals surface area (Å²) in [4.78, 5) is 6.84. The minimum Gasteiger partial charge on any atom is -0.444 e. The largest absolute Gasteiger partial charge is 0.444 e. The van der Waals surface area contributed by atoms with Gasteiger partial charge in [0, 0.05) is 12.0 Å². The van der Waals surface area contributed by atoms with Crippen LogP contribution in [0.4, 0.5) is 0 Å². The van der Waals surface area contributed by atoms with Crippen LogP contribution in [-0.2, 0) is 12.0 Å². The van der Waals surface area contributed by atoms with E-state index in [1.54, 1.807) is 0 Å². The van der Waals surface area contributed by atoms with Gasteiger partial charge in [0.05, 0.1) is 12.7 Å². The van der Waals surface area contributed by atoms with Crippen LogP contribution in [0.1, 0.15) is 52.2 Å². The first-order chi connectivity index (χ1) is 7.95. The van der Waals surface area contributed by atoms with Crippen LogP contribution in [0.15, 0.2) is 10.6 Å². The zero-order valence-corrected chi connectivity index (χ0v) is 11.5. The molecule has 0 radical (unpaired) electrons. The maximum absolute atomic E-state index is 5.83. The van der Waals surface area contributed by atoms with Gasteiger partial charge in [-0.1, -0.05) is 27.7 Å². The lowest BCUT2D eigenvalue weighted by Crippen LogP contribution is -2.33. The van der Waals surface area contributed by atoms with E-state index in [9.17, 15) is 0 Å². The van der Waals surface area contributed by atoms with Crippen molar-refractivity contribution in [3.05, 3.63) is 17.8 Å². The lowest BCUT2D eigenvalue weighted by atomic mass is 9.94. The second kappa shape index (κ2) is 4.81. The van der Waals surface area contributed by atoms with Crippen molar-refractivity contribution in [1.82, 2.24) is 9.88 Å². The molecule has 0 aliphatic carbocycles. The van der Waals surface area contributed by atoms with Crippen LogP contribution in [0.2, 0.25) is 0 Å². The number of rotatable bonds is 2. The highest BCUT2D eigenvalue weighted by Crippen LogP contribution is 2.24. The maximum atomic E-state index is 5.83. The molecule has 1 atom stereocenters.